The summed E-state index contributed by atoms with van der Waals surface area (Å²) in [6.07, 6.45) is -3.23. The van der Waals surface area contributed by atoms with Crippen LogP contribution in [0.2, 0.25) is 0 Å². The standard InChI is InChI=1S/C29H20F4N4O3/c1-16-11-20(13-25(30)24(16)15-38)19-5-8-26(37-10-9-21(14-34)36-37)23(12-19)28-27(35-17(2)39-28)18-3-6-22(7-4-18)40-29(31,32)33/h3-13,38H,15H2,1-2H3. The SMILES string of the molecule is Cc1nc(-c2ccc(OC(F)(F)F)cc2)c(-c2cc(-c3cc(C)c(CO)c(F)c3)ccc2-n2ccc(C#N)n2)o1. The molecule has 0 amide bonds. The number of aliphatic hydroxyl groups is 1. The number of benzene rings is 3. The van der Waals surface area contributed by atoms with Crippen LogP contribution >= 0.6 is 0 Å². The van der Waals surface area contributed by atoms with Crippen molar-refractivity contribution in [2.45, 2.75) is 26.8 Å². The van der Waals surface area contributed by atoms with E-state index in [1.54, 1.807) is 44.3 Å². The number of alkyl halides is 3. The van der Waals surface area contributed by atoms with Gasteiger partial charge in [0.1, 0.15) is 23.3 Å². The molecule has 0 bridgehead atoms. The van der Waals surface area contributed by atoms with Gasteiger partial charge in [-0.1, -0.05) is 12.1 Å². The maximum atomic E-state index is 14.7. The quantitative estimate of drug-likeness (QED) is 0.232. The summed E-state index contributed by atoms with van der Waals surface area (Å²) in [4.78, 5) is 4.47. The van der Waals surface area contributed by atoms with Crippen LogP contribution in [-0.4, -0.2) is 26.2 Å². The number of nitriles is 1. The number of hydrogen-bond donors (Lipinski definition) is 1. The summed E-state index contributed by atoms with van der Waals surface area (Å²) < 4.78 is 64.1. The number of rotatable bonds is 6. The maximum absolute atomic E-state index is 14.7. The zero-order valence-corrected chi connectivity index (χ0v) is 21.1. The molecule has 0 saturated carbocycles. The molecule has 0 unspecified atom stereocenters. The lowest BCUT2D eigenvalue weighted by Gasteiger charge is -2.14. The Balaban J connectivity index is 1.68. The first-order chi connectivity index (χ1) is 19.1. The van der Waals surface area contributed by atoms with Crippen molar-refractivity contribution in [2.75, 3.05) is 0 Å². The summed E-state index contributed by atoms with van der Waals surface area (Å²) in [5.41, 5.74) is 3.94. The van der Waals surface area contributed by atoms with Crippen LogP contribution in [0.5, 0.6) is 5.75 Å². The highest BCUT2D eigenvalue weighted by Crippen LogP contribution is 2.39. The van der Waals surface area contributed by atoms with Crippen molar-refractivity contribution in [3.8, 4) is 51.2 Å². The number of hydrogen-bond acceptors (Lipinski definition) is 6. The highest BCUT2D eigenvalue weighted by Gasteiger charge is 2.31. The minimum Gasteiger partial charge on any atom is -0.440 e. The molecule has 0 aliphatic heterocycles. The van der Waals surface area contributed by atoms with Gasteiger partial charge in [0.15, 0.2) is 17.3 Å². The molecule has 0 saturated heterocycles. The Bertz CT molecular complexity index is 1730. The first kappa shape index (κ1) is 26.6. The smallest absolute Gasteiger partial charge is 0.440 e. The third-order valence-corrected chi connectivity index (χ3v) is 6.20. The fourth-order valence-electron chi connectivity index (χ4n) is 4.38. The molecule has 7 nitrogen and oxygen atoms in total. The van der Waals surface area contributed by atoms with Gasteiger partial charge in [0.2, 0.25) is 0 Å². The highest BCUT2D eigenvalue weighted by molar-refractivity contribution is 5.85. The summed E-state index contributed by atoms with van der Waals surface area (Å²) in [6.45, 7) is 2.90. The largest absolute Gasteiger partial charge is 0.573 e. The summed E-state index contributed by atoms with van der Waals surface area (Å²) >= 11 is 0. The molecule has 5 rings (SSSR count). The molecular formula is C29H20F4N4O3. The monoisotopic (exact) mass is 548 g/mol. The van der Waals surface area contributed by atoms with Crippen molar-refractivity contribution >= 4 is 0 Å². The van der Waals surface area contributed by atoms with E-state index < -0.39 is 18.8 Å². The predicted octanol–water partition coefficient (Wildman–Crippen LogP) is 6.88. The van der Waals surface area contributed by atoms with Gasteiger partial charge in [-0.25, -0.2) is 14.1 Å². The molecule has 0 spiro atoms. The Morgan fingerprint density at radius 2 is 1.73 bits per heavy atom. The van der Waals surface area contributed by atoms with Gasteiger partial charge in [0.05, 0.1) is 12.3 Å². The van der Waals surface area contributed by atoms with Crippen LogP contribution in [0.25, 0.3) is 39.4 Å². The van der Waals surface area contributed by atoms with Crippen LogP contribution in [0.3, 0.4) is 0 Å². The number of aromatic nitrogens is 3. The van der Waals surface area contributed by atoms with Crippen molar-refractivity contribution in [3.05, 3.63) is 95.4 Å². The number of nitrogens with zero attached hydrogens (tertiary/aromatic N) is 4. The molecule has 2 heterocycles. The third kappa shape index (κ3) is 5.30. The molecule has 0 radical (unpaired) electrons. The molecule has 11 heteroatoms. The summed E-state index contributed by atoms with van der Waals surface area (Å²) in [6, 6.07) is 17.0. The van der Waals surface area contributed by atoms with E-state index in [4.69, 9.17) is 4.42 Å². The van der Waals surface area contributed by atoms with E-state index in [0.717, 1.165) is 0 Å². The number of ether oxygens (including phenoxy) is 1. The average molecular weight is 548 g/mol. The lowest BCUT2D eigenvalue weighted by Crippen LogP contribution is -2.16. The number of aliphatic hydroxyl groups excluding tert-OH is 1. The van der Waals surface area contributed by atoms with E-state index in [-0.39, 0.29) is 22.8 Å². The molecule has 1 N–H and O–H groups in total. The van der Waals surface area contributed by atoms with E-state index in [1.807, 2.05) is 6.07 Å². The Labute approximate surface area is 225 Å². The van der Waals surface area contributed by atoms with Crippen LogP contribution in [0.4, 0.5) is 17.6 Å². The Kier molecular flexibility index (Phi) is 6.87. The van der Waals surface area contributed by atoms with E-state index >= 15 is 0 Å². The van der Waals surface area contributed by atoms with E-state index in [2.05, 4.69) is 14.8 Å². The molecular weight excluding hydrogens is 528 g/mol. The van der Waals surface area contributed by atoms with Crippen molar-refractivity contribution in [3.63, 3.8) is 0 Å². The van der Waals surface area contributed by atoms with Crippen LogP contribution in [0.15, 0.2) is 71.3 Å². The second-order valence-corrected chi connectivity index (χ2v) is 8.88. The highest BCUT2D eigenvalue weighted by atomic mass is 19.4. The molecule has 40 heavy (non-hydrogen) atoms. The number of halogens is 4. The van der Waals surface area contributed by atoms with Crippen molar-refractivity contribution < 1.29 is 31.8 Å². The summed E-state index contributed by atoms with van der Waals surface area (Å²) in [7, 11) is 0. The molecule has 0 aliphatic carbocycles. The minimum absolute atomic E-state index is 0.182. The normalized spacial score (nSPS) is 11.4. The molecule has 0 aliphatic rings. The van der Waals surface area contributed by atoms with Gasteiger partial charge >= 0.3 is 6.36 Å². The number of oxazole rings is 1. The van der Waals surface area contributed by atoms with Crippen molar-refractivity contribution in [1.82, 2.24) is 14.8 Å². The van der Waals surface area contributed by atoms with Gasteiger partial charge in [0.25, 0.3) is 0 Å². The molecule has 0 atom stereocenters. The van der Waals surface area contributed by atoms with Crippen molar-refractivity contribution in [2.24, 2.45) is 0 Å². The molecule has 5 aromatic rings. The van der Waals surface area contributed by atoms with Gasteiger partial charge in [-0.2, -0.15) is 10.4 Å². The van der Waals surface area contributed by atoms with Gasteiger partial charge in [0, 0.05) is 29.8 Å². The second kappa shape index (κ2) is 10.3. The van der Waals surface area contributed by atoms with Crippen LogP contribution in [0, 0.1) is 31.0 Å². The van der Waals surface area contributed by atoms with Gasteiger partial charge in [-0.15, -0.1) is 13.2 Å². The average Bonchev–Trinajstić information content (AvgIpc) is 3.54. The van der Waals surface area contributed by atoms with Gasteiger partial charge < -0.3 is 14.3 Å². The predicted molar refractivity (Wildman–Crippen MR) is 137 cm³/mol. The van der Waals surface area contributed by atoms with Crippen molar-refractivity contribution in [1.29, 1.82) is 5.26 Å². The fourth-order valence-corrected chi connectivity index (χ4v) is 4.38. The maximum Gasteiger partial charge on any atom is 0.573 e. The molecule has 3 aromatic carbocycles. The lowest BCUT2D eigenvalue weighted by molar-refractivity contribution is -0.274. The van der Waals surface area contributed by atoms with E-state index in [9.17, 15) is 27.9 Å². The Hall–Kier alpha value is -4.95. The molecule has 2 aromatic heterocycles. The third-order valence-electron chi connectivity index (χ3n) is 6.20. The summed E-state index contributed by atoms with van der Waals surface area (Å²) in [5.74, 6) is -0.349. The van der Waals surface area contributed by atoms with Gasteiger partial charge in [-0.3, -0.25) is 0 Å². The Morgan fingerprint density at radius 1 is 1.00 bits per heavy atom. The fraction of sp³-hybridized carbons (Fsp3) is 0.138. The van der Waals surface area contributed by atoms with E-state index in [0.29, 0.717) is 45.1 Å². The topological polar surface area (TPSA) is 97.1 Å². The Morgan fingerprint density at radius 3 is 2.35 bits per heavy atom. The minimum atomic E-state index is -4.83. The lowest BCUT2D eigenvalue weighted by atomic mass is 9.96. The zero-order valence-electron chi connectivity index (χ0n) is 21.1. The zero-order chi connectivity index (χ0) is 28.6. The number of aryl methyl sites for hydroxylation is 2. The first-order valence-corrected chi connectivity index (χ1v) is 11.9. The second-order valence-electron chi connectivity index (χ2n) is 8.88. The van der Waals surface area contributed by atoms with Gasteiger partial charge in [-0.05, 0) is 72.1 Å². The van der Waals surface area contributed by atoms with Crippen LogP contribution in [-0.2, 0) is 6.61 Å². The summed E-state index contributed by atoms with van der Waals surface area (Å²) in [5, 5.41) is 23.0. The van der Waals surface area contributed by atoms with Crippen LogP contribution < -0.4 is 4.74 Å². The molecule has 0 fully saturated rings. The van der Waals surface area contributed by atoms with Crippen LogP contribution in [0.1, 0.15) is 22.7 Å². The molecule has 202 valence electrons. The first-order valence-electron chi connectivity index (χ1n) is 11.9. The van der Waals surface area contributed by atoms with E-state index in [1.165, 1.54) is 41.1 Å².